The van der Waals surface area contributed by atoms with E-state index in [9.17, 15) is 14.0 Å². The standard InChI is InChI=1S/C12H19FN2O2/c1-3-8(9(13)4-2)7-14-10-5-6-11(16)15-12(10)17/h10,14H,3-7H2,1-2H3,(H,15,16,17)/b9-8-. The molecule has 2 amide bonds. The number of imide groups is 1. The number of allylic oxidation sites excluding steroid dienone is 1. The van der Waals surface area contributed by atoms with Crippen LogP contribution in [0.1, 0.15) is 39.5 Å². The normalized spacial score (nSPS) is 22.2. The lowest BCUT2D eigenvalue weighted by atomic mass is 10.0. The van der Waals surface area contributed by atoms with Crippen LogP contribution in [0, 0.1) is 0 Å². The molecule has 1 rings (SSSR count). The molecule has 0 saturated carbocycles. The van der Waals surface area contributed by atoms with Crippen LogP contribution in [0.5, 0.6) is 0 Å². The summed E-state index contributed by atoms with van der Waals surface area (Å²) in [7, 11) is 0. The minimum Gasteiger partial charge on any atom is -0.302 e. The zero-order valence-corrected chi connectivity index (χ0v) is 10.3. The predicted octanol–water partition coefficient (Wildman–Crippen LogP) is 1.42. The fourth-order valence-electron chi connectivity index (χ4n) is 1.80. The van der Waals surface area contributed by atoms with Crippen LogP contribution >= 0.6 is 0 Å². The summed E-state index contributed by atoms with van der Waals surface area (Å²) >= 11 is 0. The van der Waals surface area contributed by atoms with Crippen molar-refractivity contribution in [2.75, 3.05) is 6.54 Å². The first-order chi connectivity index (χ1) is 8.08. The minimum atomic E-state index is -0.390. The van der Waals surface area contributed by atoms with Gasteiger partial charge in [-0.1, -0.05) is 13.8 Å². The minimum absolute atomic E-state index is 0.118. The van der Waals surface area contributed by atoms with Crippen LogP contribution in [0.2, 0.25) is 0 Å². The molecular formula is C12H19FN2O2. The second-order valence-corrected chi connectivity index (χ2v) is 4.10. The number of nitrogens with one attached hydrogen (secondary N) is 2. The van der Waals surface area contributed by atoms with Crippen molar-refractivity contribution in [1.82, 2.24) is 10.6 Å². The Morgan fingerprint density at radius 1 is 1.41 bits per heavy atom. The smallest absolute Gasteiger partial charge is 0.243 e. The van der Waals surface area contributed by atoms with Gasteiger partial charge in [-0.05, 0) is 24.8 Å². The molecule has 17 heavy (non-hydrogen) atoms. The largest absolute Gasteiger partial charge is 0.302 e. The van der Waals surface area contributed by atoms with Crippen LogP contribution in [0.4, 0.5) is 4.39 Å². The second kappa shape index (κ2) is 6.49. The fourth-order valence-corrected chi connectivity index (χ4v) is 1.80. The Morgan fingerprint density at radius 2 is 2.12 bits per heavy atom. The van der Waals surface area contributed by atoms with Crippen LogP contribution in [0.3, 0.4) is 0 Å². The molecule has 1 aliphatic rings. The van der Waals surface area contributed by atoms with Gasteiger partial charge in [0.05, 0.1) is 6.04 Å². The third-order valence-corrected chi connectivity index (χ3v) is 2.92. The molecule has 0 radical (unpaired) electrons. The van der Waals surface area contributed by atoms with Crippen molar-refractivity contribution >= 4 is 11.8 Å². The lowest BCUT2D eigenvalue weighted by Crippen LogP contribution is -2.51. The summed E-state index contributed by atoms with van der Waals surface area (Å²) in [6.07, 6.45) is 1.82. The van der Waals surface area contributed by atoms with Gasteiger partial charge >= 0.3 is 0 Å². The zero-order chi connectivity index (χ0) is 12.8. The second-order valence-electron chi connectivity index (χ2n) is 4.10. The molecule has 0 aromatic heterocycles. The molecule has 1 atom stereocenters. The Bertz CT molecular complexity index is 339. The van der Waals surface area contributed by atoms with Crippen LogP contribution in [0.25, 0.3) is 0 Å². The lowest BCUT2D eigenvalue weighted by molar-refractivity contribution is -0.134. The van der Waals surface area contributed by atoms with Gasteiger partial charge in [0, 0.05) is 13.0 Å². The molecular weight excluding hydrogens is 223 g/mol. The van der Waals surface area contributed by atoms with Gasteiger partial charge in [0.2, 0.25) is 11.8 Å². The van der Waals surface area contributed by atoms with Crippen molar-refractivity contribution in [2.45, 2.75) is 45.6 Å². The molecule has 1 aliphatic heterocycles. The van der Waals surface area contributed by atoms with E-state index in [2.05, 4.69) is 10.6 Å². The van der Waals surface area contributed by atoms with Crippen LogP contribution < -0.4 is 10.6 Å². The maximum absolute atomic E-state index is 13.4. The van der Waals surface area contributed by atoms with Crippen LogP contribution in [-0.4, -0.2) is 24.4 Å². The highest BCUT2D eigenvalue weighted by atomic mass is 19.1. The topological polar surface area (TPSA) is 58.2 Å². The van der Waals surface area contributed by atoms with E-state index in [0.717, 1.165) is 0 Å². The Morgan fingerprint density at radius 3 is 2.65 bits per heavy atom. The van der Waals surface area contributed by atoms with Gasteiger partial charge < -0.3 is 5.32 Å². The summed E-state index contributed by atoms with van der Waals surface area (Å²) in [6.45, 7) is 4.01. The molecule has 1 unspecified atom stereocenters. The Kier molecular flexibility index (Phi) is 5.28. The molecule has 0 spiro atoms. The molecule has 5 heteroatoms. The molecule has 1 heterocycles. The Balaban J connectivity index is 2.50. The van der Waals surface area contributed by atoms with Gasteiger partial charge in [0.25, 0.3) is 0 Å². The van der Waals surface area contributed by atoms with Crippen molar-refractivity contribution in [2.24, 2.45) is 0 Å². The number of carbonyl (C=O) groups excluding carboxylic acids is 2. The SMILES string of the molecule is CC/C(F)=C(\CC)CNC1CCC(=O)NC1=O. The molecule has 96 valence electrons. The molecule has 0 aromatic rings. The number of halogens is 1. The molecule has 2 N–H and O–H groups in total. The molecule has 0 aromatic carbocycles. The molecule has 0 aliphatic carbocycles. The molecule has 1 fully saturated rings. The van der Waals surface area contributed by atoms with Crippen molar-refractivity contribution in [3.8, 4) is 0 Å². The monoisotopic (exact) mass is 242 g/mol. The summed E-state index contributed by atoms with van der Waals surface area (Å²) in [5.74, 6) is -0.667. The Hall–Kier alpha value is -1.23. The first-order valence-electron chi connectivity index (χ1n) is 6.01. The van der Waals surface area contributed by atoms with E-state index in [1.165, 1.54) is 0 Å². The molecule has 0 bridgehead atoms. The van der Waals surface area contributed by atoms with Crippen molar-refractivity contribution in [3.05, 3.63) is 11.4 Å². The summed E-state index contributed by atoms with van der Waals surface area (Å²) in [5.41, 5.74) is 0.692. The highest BCUT2D eigenvalue weighted by Gasteiger charge is 2.26. The van der Waals surface area contributed by atoms with Crippen molar-refractivity contribution in [3.63, 3.8) is 0 Å². The Labute approximate surface area is 101 Å². The van der Waals surface area contributed by atoms with E-state index in [4.69, 9.17) is 0 Å². The average molecular weight is 242 g/mol. The molecule has 4 nitrogen and oxygen atoms in total. The average Bonchev–Trinajstić information content (AvgIpc) is 2.31. The third kappa shape index (κ3) is 3.93. The van der Waals surface area contributed by atoms with Crippen molar-refractivity contribution in [1.29, 1.82) is 0 Å². The van der Waals surface area contributed by atoms with Crippen LogP contribution in [-0.2, 0) is 9.59 Å². The number of amides is 2. The lowest BCUT2D eigenvalue weighted by Gasteiger charge is -2.22. The number of hydrogen-bond donors (Lipinski definition) is 2. The van der Waals surface area contributed by atoms with Crippen molar-refractivity contribution < 1.29 is 14.0 Å². The van der Waals surface area contributed by atoms with E-state index < -0.39 is 0 Å². The number of piperidine rings is 1. The summed E-state index contributed by atoms with van der Waals surface area (Å²) < 4.78 is 13.4. The van der Waals surface area contributed by atoms with E-state index in [1.54, 1.807) is 6.92 Å². The maximum Gasteiger partial charge on any atom is 0.243 e. The fraction of sp³-hybridized carbons (Fsp3) is 0.667. The van der Waals surface area contributed by atoms with Gasteiger partial charge in [0.1, 0.15) is 5.83 Å². The third-order valence-electron chi connectivity index (χ3n) is 2.92. The number of rotatable bonds is 5. The van der Waals surface area contributed by atoms with Crippen LogP contribution in [0.15, 0.2) is 11.4 Å². The number of carbonyl (C=O) groups is 2. The predicted molar refractivity (Wildman–Crippen MR) is 62.9 cm³/mol. The van der Waals surface area contributed by atoms with Gasteiger partial charge in [-0.15, -0.1) is 0 Å². The quantitative estimate of drug-likeness (QED) is 0.717. The number of hydrogen-bond acceptors (Lipinski definition) is 3. The summed E-state index contributed by atoms with van der Waals surface area (Å²) in [5, 5.41) is 5.26. The van der Waals surface area contributed by atoms with E-state index in [0.29, 0.717) is 37.8 Å². The van der Waals surface area contributed by atoms with Gasteiger partial charge in [-0.3, -0.25) is 14.9 Å². The van der Waals surface area contributed by atoms with Gasteiger partial charge in [-0.25, -0.2) is 4.39 Å². The molecule has 1 saturated heterocycles. The van der Waals surface area contributed by atoms with E-state index in [-0.39, 0.29) is 23.7 Å². The summed E-state index contributed by atoms with van der Waals surface area (Å²) in [6, 6.07) is -0.390. The van der Waals surface area contributed by atoms with Gasteiger partial charge in [0.15, 0.2) is 0 Å². The first kappa shape index (κ1) is 13.8. The first-order valence-corrected chi connectivity index (χ1v) is 6.01. The van der Waals surface area contributed by atoms with E-state index in [1.807, 2.05) is 6.92 Å². The zero-order valence-electron chi connectivity index (χ0n) is 10.3. The maximum atomic E-state index is 13.4. The summed E-state index contributed by atoms with van der Waals surface area (Å²) in [4.78, 5) is 22.4. The van der Waals surface area contributed by atoms with Gasteiger partial charge in [-0.2, -0.15) is 0 Å². The van der Waals surface area contributed by atoms with E-state index >= 15 is 0 Å². The highest BCUT2D eigenvalue weighted by molar-refractivity contribution is 6.00. The highest BCUT2D eigenvalue weighted by Crippen LogP contribution is 2.13.